The third kappa shape index (κ3) is 15.4. The van der Waals surface area contributed by atoms with E-state index in [4.69, 9.17) is 29.0 Å². The molecule has 0 N–H and O–H groups in total. The van der Waals surface area contributed by atoms with E-state index in [1.54, 1.807) is 13.8 Å². The molecule has 156 valence electrons. The minimum atomic E-state index is -0.710. The molecule has 0 aromatic carbocycles. The number of ether oxygens (including phenoxy) is 2. The Labute approximate surface area is 158 Å². The highest BCUT2D eigenvalue weighted by Gasteiger charge is 2.21. The Kier molecular flexibility index (Phi) is 10.7. The molecule has 0 spiro atoms. The van der Waals surface area contributed by atoms with Crippen LogP contribution in [0.15, 0.2) is 0 Å². The van der Waals surface area contributed by atoms with E-state index in [2.05, 4.69) is 0 Å². The minimum absolute atomic E-state index is 0.211. The summed E-state index contributed by atoms with van der Waals surface area (Å²) < 4.78 is 10.5. The predicted molar refractivity (Wildman–Crippen MR) is 98.5 cm³/mol. The van der Waals surface area contributed by atoms with Crippen LogP contribution in [0.4, 0.5) is 4.79 Å². The SMILES string of the molecule is CC(CC(C)OC(=O)OC(C)CC(C)OOC(C)(C)C)OOC(C)(C)C. The van der Waals surface area contributed by atoms with Gasteiger partial charge in [-0.25, -0.2) is 24.3 Å². The Morgan fingerprint density at radius 3 is 1.23 bits per heavy atom. The topological polar surface area (TPSA) is 72.5 Å². The molecule has 0 aliphatic carbocycles. The van der Waals surface area contributed by atoms with Crippen molar-refractivity contribution in [3.63, 3.8) is 0 Å². The summed E-state index contributed by atoms with van der Waals surface area (Å²) >= 11 is 0. The molecule has 4 unspecified atom stereocenters. The molecule has 0 heterocycles. The van der Waals surface area contributed by atoms with Crippen molar-refractivity contribution in [1.82, 2.24) is 0 Å². The van der Waals surface area contributed by atoms with Crippen LogP contribution in [0.5, 0.6) is 0 Å². The number of rotatable bonds is 10. The zero-order chi connectivity index (χ0) is 20.5. The van der Waals surface area contributed by atoms with Gasteiger partial charge < -0.3 is 9.47 Å². The lowest BCUT2D eigenvalue weighted by Gasteiger charge is -2.24. The summed E-state index contributed by atoms with van der Waals surface area (Å²) in [7, 11) is 0. The van der Waals surface area contributed by atoms with Crippen molar-refractivity contribution in [1.29, 1.82) is 0 Å². The Bertz CT molecular complexity index is 362. The van der Waals surface area contributed by atoms with Gasteiger partial charge in [0.05, 0.1) is 23.4 Å². The molecule has 0 saturated carbocycles. The third-order valence-electron chi connectivity index (χ3n) is 2.85. The fraction of sp³-hybridized carbons (Fsp3) is 0.947. The molecule has 0 aromatic rings. The van der Waals surface area contributed by atoms with Crippen LogP contribution in [-0.2, 0) is 29.0 Å². The van der Waals surface area contributed by atoms with E-state index in [1.807, 2.05) is 55.4 Å². The van der Waals surface area contributed by atoms with E-state index in [0.717, 1.165) is 0 Å². The molecule has 0 fully saturated rings. The van der Waals surface area contributed by atoms with E-state index in [9.17, 15) is 4.79 Å². The largest absolute Gasteiger partial charge is 0.508 e. The number of hydrogen-bond acceptors (Lipinski definition) is 7. The maximum Gasteiger partial charge on any atom is 0.508 e. The minimum Gasteiger partial charge on any atom is -0.431 e. The van der Waals surface area contributed by atoms with Crippen molar-refractivity contribution in [2.45, 2.75) is 118 Å². The lowest BCUT2D eigenvalue weighted by Crippen LogP contribution is -2.28. The lowest BCUT2D eigenvalue weighted by molar-refractivity contribution is -0.372. The molecule has 0 amide bonds. The summed E-state index contributed by atoms with van der Waals surface area (Å²) in [5.74, 6) is 0. The molecule has 0 aromatic heterocycles. The van der Waals surface area contributed by atoms with Gasteiger partial charge in [0.25, 0.3) is 0 Å². The van der Waals surface area contributed by atoms with E-state index in [1.165, 1.54) is 0 Å². The Morgan fingerprint density at radius 1 is 0.654 bits per heavy atom. The summed E-state index contributed by atoms with van der Waals surface area (Å²) in [6.07, 6.45) is -0.846. The second-order valence-corrected chi connectivity index (χ2v) is 8.78. The quantitative estimate of drug-likeness (QED) is 0.302. The lowest BCUT2D eigenvalue weighted by atomic mass is 10.2. The van der Waals surface area contributed by atoms with Gasteiger partial charge in [0.1, 0.15) is 12.2 Å². The molecule has 0 aliphatic rings. The van der Waals surface area contributed by atoms with Crippen molar-refractivity contribution in [2.24, 2.45) is 0 Å². The third-order valence-corrected chi connectivity index (χ3v) is 2.85. The molecular formula is C19H38O7. The van der Waals surface area contributed by atoms with Crippen molar-refractivity contribution >= 4 is 6.16 Å². The molecular weight excluding hydrogens is 340 g/mol. The average Bonchev–Trinajstić information content (AvgIpc) is 2.40. The number of hydrogen-bond donors (Lipinski definition) is 0. The van der Waals surface area contributed by atoms with Crippen molar-refractivity contribution < 1.29 is 33.8 Å². The Morgan fingerprint density at radius 2 is 0.962 bits per heavy atom. The van der Waals surface area contributed by atoms with Gasteiger partial charge >= 0.3 is 6.16 Å². The summed E-state index contributed by atoms with van der Waals surface area (Å²) in [6, 6.07) is 0. The zero-order valence-electron chi connectivity index (χ0n) is 18.1. The molecule has 0 radical (unpaired) electrons. The second kappa shape index (κ2) is 11.1. The molecule has 7 nitrogen and oxygen atoms in total. The summed E-state index contributed by atoms with van der Waals surface area (Å²) in [5, 5.41) is 0. The van der Waals surface area contributed by atoms with Gasteiger partial charge in [-0.3, -0.25) is 0 Å². The molecule has 4 atom stereocenters. The number of carbonyl (C=O) groups excluding carboxylic acids is 1. The van der Waals surface area contributed by atoms with Crippen LogP contribution in [0, 0.1) is 0 Å². The first-order chi connectivity index (χ1) is 11.7. The maximum atomic E-state index is 11.9. The predicted octanol–water partition coefficient (Wildman–Crippen LogP) is 4.97. The Hall–Kier alpha value is -0.890. The Balaban J connectivity index is 4.07. The average molecular weight is 379 g/mol. The van der Waals surface area contributed by atoms with Crippen LogP contribution < -0.4 is 0 Å². The summed E-state index contributed by atoms with van der Waals surface area (Å²) in [6.45, 7) is 18.7. The van der Waals surface area contributed by atoms with Crippen LogP contribution in [0.25, 0.3) is 0 Å². The van der Waals surface area contributed by atoms with Crippen LogP contribution in [0.3, 0.4) is 0 Å². The van der Waals surface area contributed by atoms with Crippen LogP contribution in [0.1, 0.15) is 82.1 Å². The first-order valence-corrected chi connectivity index (χ1v) is 9.24. The first-order valence-electron chi connectivity index (χ1n) is 9.24. The van der Waals surface area contributed by atoms with Crippen LogP contribution in [-0.4, -0.2) is 41.8 Å². The smallest absolute Gasteiger partial charge is 0.431 e. The van der Waals surface area contributed by atoms with Gasteiger partial charge in [-0.15, -0.1) is 0 Å². The van der Waals surface area contributed by atoms with E-state index in [0.29, 0.717) is 12.8 Å². The van der Waals surface area contributed by atoms with Crippen molar-refractivity contribution in [3.05, 3.63) is 0 Å². The van der Waals surface area contributed by atoms with Gasteiger partial charge in [-0.05, 0) is 69.2 Å². The molecule has 7 heteroatoms. The highest BCUT2D eigenvalue weighted by Crippen LogP contribution is 2.15. The molecule has 0 bridgehead atoms. The zero-order valence-corrected chi connectivity index (χ0v) is 18.1. The van der Waals surface area contributed by atoms with Gasteiger partial charge in [-0.2, -0.15) is 0 Å². The van der Waals surface area contributed by atoms with Crippen molar-refractivity contribution in [2.75, 3.05) is 0 Å². The normalized spacial score (nSPS) is 17.3. The molecule has 0 aliphatic heterocycles. The standard InChI is InChI=1S/C19H38O7/c1-13(11-15(3)23-25-18(5,6)7)21-17(20)22-14(2)12-16(4)24-26-19(8,9)10/h13-16H,11-12H2,1-10H3. The van der Waals surface area contributed by atoms with Gasteiger partial charge in [0, 0.05) is 12.8 Å². The molecule has 0 saturated heterocycles. The highest BCUT2D eigenvalue weighted by molar-refractivity contribution is 5.60. The van der Waals surface area contributed by atoms with Gasteiger partial charge in [-0.1, -0.05) is 0 Å². The van der Waals surface area contributed by atoms with Gasteiger partial charge in [0.15, 0.2) is 0 Å². The first kappa shape index (κ1) is 25.1. The fourth-order valence-electron chi connectivity index (χ4n) is 1.92. The van der Waals surface area contributed by atoms with E-state index >= 15 is 0 Å². The van der Waals surface area contributed by atoms with E-state index < -0.39 is 6.16 Å². The highest BCUT2D eigenvalue weighted by atomic mass is 17.2. The van der Waals surface area contributed by atoms with Crippen molar-refractivity contribution in [3.8, 4) is 0 Å². The van der Waals surface area contributed by atoms with Gasteiger partial charge in [0.2, 0.25) is 0 Å². The van der Waals surface area contributed by atoms with Crippen LogP contribution >= 0.6 is 0 Å². The molecule has 0 rings (SSSR count). The maximum absolute atomic E-state index is 11.9. The number of carbonyl (C=O) groups is 1. The van der Waals surface area contributed by atoms with E-state index in [-0.39, 0.29) is 35.6 Å². The molecule has 26 heavy (non-hydrogen) atoms. The summed E-state index contributed by atoms with van der Waals surface area (Å²) in [5.41, 5.74) is -0.773. The fourth-order valence-corrected chi connectivity index (χ4v) is 1.92. The summed E-state index contributed by atoms with van der Waals surface area (Å²) in [4.78, 5) is 32.9. The van der Waals surface area contributed by atoms with Crippen LogP contribution in [0.2, 0.25) is 0 Å². The second-order valence-electron chi connectivity index (χ2n) is 8.78. The monoisotopic (exact) mass is 378 g/mol.